The summed E-state index contributed by atoms with van der Waals surface area (Å²) < 4.78 is 0. The number of phenolic OH excluding ortho intramolecular Hbond substituents is 1. The van der Waals surface area contributed by atoms with Crippen LogP contribution in [0.5, 0.6) is 5.75 Å². The lowest BCUT2D eigenvalue weighted by molar-refractivity contribution is 0.268. The minimum atomic E-state index is 0.116. The van der Waals surface area contributed by atoms with Gasteiger partial charge in [-0.3, -0.25) is 4.90 Å². The molecular weight excluding hydrogens is 162 g/mol. The molecule has 0 bridgehead atoms. The van der Waals surface area contributed by atoms with E-state index in [0.29, 0.717) is 5.75 Å². The molecule has 0 amide bonds. The number of aromatic hydroxyl groups is 1. The lowest BCUT2D eigenvalue weighted by Gasteiger charge is -2.24. The number of para-hydroxylation sites is 1. The minimum Gasteiger partial charge on any atom is -0.508 e. The van der Waals surface area contributed by atoms with E-state index in [9.17, 15) is 5.11 Å². The van der Waals surface area contributed by atoms with Gasteiger partial charge in [-0.2, -0.15) is 0 Å². The van der Waals surface area contributed by atoms with Gasteiger partial charge in [0.2, 0.25) is 0 Å². The topological polar surface area (TPSA) is 23.5 Å². The van der Waals surface area contributed by atoms with Crippen LogP contribution in [0.15, 0.2) is 24.3 Å². The van der Waals surface area contributed by atoms with Gasteiger partial charge in [0.25, 0.3) is 0 Å². The number of rotatable bonds is 2. The Morgan fingerprint density at radius 2 is 1.85 bits per heavy atom. The highest BCUT2D eigenvalue weighted by Crippen LogP contribution is 2.52. The summed E-state index contributed by atoms with van der Waals surface area (Å²) in [6.45, 7) is 0. The van der Waals surface area contributed by atoms with E-state index in [4.69, 9.17) is 0 Å². The standard InChI is InChI=1S/C11H15NO/c1-12(2)11(7-8-11)9-5-3-4-6-10(9)13/h3-6,13H,7-8H2,1-2H3. The average Bonchev–Trinajstić information content (AvgIpc) is 2.85. The van der Waals surface area contributed by atoms with Crippen molar-refractivity contribution in [2.45, 2.75) is 18.4 Å². The summed E-state index contributed by atoms with van der Waals surface area (Å²) in [5, 5.41) is 9.71. The van der Waals surface area contributed by atoms with E-state index >= 15 is 0 Å². The molecule has 1 fully saturated rings. The van der Waals surface area contributed by atoms with E-state index in [1.54, 1.807) is 6.07 Å². The zero-order chi connectivity index (χ0) is 9.47. The van der Waals surface area contributed by atoms with Crippen LogP contribution in [0, 0.1) is 0 Å². The Balaban J connectivity index is 2.41. The van der Waals surface area contributed by atoms with Gasteiger partial charge in [-0.05, 0) is 33.0 Å². The van der Waals surface area contributed by atoms with E-state index in [1.165, 1.54) is 0 Å². The zero-order valence-electron chi connectivity index (χ0n) is 8.12. The van der Waals surface area contributed by atoms with Crippen molar-refractivity contribution in [1.82, 2.24) is 4.90 Å². The second-order valence-corrected chi connectivity index (χ2v) is 3.94. The van der Waals surface area contributed by atoms with E-state index in [0.717, 1.165) is 18.4 Å². The second-order valence-electron chi connectivity index (χ2n) is 3.94. The SMILES string of the molecule is CN(C)C1(c2ccccc2O)CC1. The maximum Gasteiger partial charge on any atom is 0.120 e. The lowest BCUT2D eigenvalue weighted by atomic mass is 10.0. The van der Waals surface area contributed by atoms with Crippen molar-refractivity contribution >= 4 is 0 Å². The number of nitrogens with zero attached hydrogens (tertiary/aromatic N) is 1. The van der Waals surface area contributed by atoms with E-state index in [2.05, 4.69) is 19.0 Å². The fourth-order valence-electron chi connectivity index (χ4n) is 1.94. The van der Waals surface area contributed by atoms with E-state index in [-0.39, 0.29) is 5.54 Å². The maximum atomic E-state index is 9.71. The number of phenols is 1. The smallest absolute Gasteiger partial charge is 0.120 e. The van der Waals surface area contributed by atoms with Crippen molar-refractivity contribution in [2.24, 2.45) is 0 Å². The van der Waals surface area contributed by atoms with Crippen LogP contribution in [-0.4, -0.2) is 24.1 Å². The lowest BCUT2D eigenvalue weighted by Crippen LogP contribution is -2.27. The van der Waals surface area contributed by atoms with Crippen LogP contribution in [0.25, 0.3) is 0 Å². The Morgan fingerprint density at radius 1 is 1.23 bits per heavy atom. The highest BCUT2D eigenvalue weighted by molar-refractivity contribution is 5.41. The van der Waals surface area contributed by atoms with Gasteiger partial charge in [-0.15, -0.1) is 0 Å². The molecule has 0 spiro atoms. The van der Waals surface area contributed by atoms with Crippen LogP contribution in [0.4, 0.5) is 0 Å². The van der Waals surface area contributed by atoms with Crippen LogP contribution in [-0.2, 0) is 5.54 Å². The predicted octanol–water partition coefficient (Wildman–Crippen LogP) is 1.94. The highest BCUT2D eigenvalue weighted by Gasteiger charge is 2.47. The first-order valence-corrected chi connectivity index (χ1v) is 4.63. The van der Waals surface area contributed by atoms with Gasteiger partial charge in [-0.1, -0.05) is 18.2 Å². The molecule has 1 aliphatic carbocycles. The fourth-order valence-corrected chi connectivity index (χ4v) is 1.94. The van der Waals surface area contributed by atoms with Gasteiger partial charge in [0, 0.05) is 11.1 Å². The number of benzene rings is 1. The first-order valence-electron chi connectivity index (χ1n) is 4.63. The zero-order valence-corrected chi connectivity index (χ0v) is 8.12. The molecule has 0 aromatic heterocycles. The summed E-state index contributed by atoms with van der Waals surface area (Å²) >= 11 is 0. The van der Waals surface area contributed by atoms with Crippen molar-refractivity contribution in [3.63, 3.8) is 0 Å². The molecule has 13 heavy (non-hydrogen) atoms. The summed E-state index contributed by atoms with van der Waals surface area (Å²) in [4.78, 5) is 2.20. The quantitative estimate of drug-likeness (QED) is 0.746. The normalized spacial score (nSPS) is 19.0. The molecule has 0 saturated heterocycles. The Bertz CT molecular complexity index is 316. The Kier molecular flexibility index (Phi) is 1.81. The third-order valence-corrected chi connectivity index (χ3v) is 2.99. The molecule has 1 aromatic carbocycles. The van der Waals surface area contributed by atoms with Crippen molar-refractivity contribution in [2.75, 3.05) is 14.1 Å². The highest BCUT2D eigenvalue weighted by atomic mass is 16.3. The largest absolute Gasteiger partial charge is 0.508 e. The van der Waals surface area contributed by atoms with Gasteiger partial charge >= 0.3 is 0 Å². The Hall–Kier alpha value is -1.02. The first-order chi connectivity index (χ1) is 6.17. The maximum absolute atomic E-state index is 9.71. The molecule has 1 aliphatic rings. The van der Waals surface area contributed by atoms with Gasteiger partial charge in [0.05, 0.1) is 0 Å². The molecule has 1 aromatic rings. The molecule has 0 unspecified atom stereocenters. The van der Waals surface area contributed by atoms with Crippen LogP contribution >= 0.6 is 0 Å². The van der Waals surface area contributed by atoms with Crippen molar-refractivity contribution in [3.8, 4) is 5.75 Å². The Labute approximate surface area is 78.8 Å². The fraction of sp³-hybridized carbons (Fsp3) is 0.455. The predicted molar refractivity (Wildman–Crippen MR) is 52.7 cm³/mol. The summed E-state index contributed by atoms with van der Waals surface area (Å²) in [5.41, 5.74) is 1.19. The molecule has 2 nitrogen and oxygen atoms in total. The molecule has 0 aliphatic heterocycles. The molecule has 0 radical (unpaired) electrons. The number of hydrogen-bond donors (Lipinski definition) is 1. The molecule has 2 rings (SSSR count). The van der Waals surface area contributed by atoms with Crippen molar-refractivity contribution in [1.29, 1.82) is 0 Å². The summed E-state index contributed by atoms with van der Waals surface area (Å²) in [7, 11) is 4.14. The second kappa shape index (κ2) is 2.74. The van der Waals surface area contributed by atoms with Gasteiger partial charge < -0.3 is 5.11 Å². The third-order valence-electron chi connectivity index (χ3n) is 2.99. The molecule has 0 atom stereocenters. The van der Waals surface area contributed by atoms with Crippen molar-refractivity contribution < 1.29 is 5.11 Å². The van der Waals surface area contributed by atoms with E-state index in [1.807, 2.05) is 18.2 Å². The molecule has 1 N–H and O–H groups in total. The van der Waals surface area contributed by atoms with Gasteiger partial charge in [-0.25, -0.2) is 0 Å². The number of hydrogen-bond acceptors (Lipinski definition) is 2. The molecule has 2 heteroatoms. The third kappa shape index (κ3) is 1.22. The summed E-state index contributed by atoms with van der Waals surface area (Å²) in [6.07, 6.45) is 2.30. The summed E-state index contributed by atoms with van der Waals surface area (Å²) in [6, 6.07) is 7.63. The molecule has 1 saturated carbocycles. The molecule has 70 valence electrons. The summed E-state index contributed by atoms with van der Waals surface area (Å²) in [5.74, 6) is 0.425. The van der Waals surface area contributed by atoms with Crippen LogP contribution in [0.2, 0.25) is 0 Å². The van der Waals surface area contributed by atoms with Crippen LogP contribution < -0.4 is 0 Å². The molecule has 0 heterocycles. The monoisotopic (exact) mass is 177 g/mol. The van der Waals surface area contributed by atoms with E-state index < -0.39 is 0 Å². The minimum absolute atomic E-state index is 0.116. The Morgan fingerprint density at radius 3 is 2.31 bits per heavy atom. The molecular formula is C11H15NO. The van der Waals surface area contributed by atoms with Crippen molar-refractivity contribution in [3.05, 3.63) is 29.8 Å². The van der Waals surface area contributed by atoms with Gasteiger partial charge in [0.1, 0.15) is 5.75 Å². The first kappa shape index (κ1) is 8.57. The van der Waals surface area contributed by atoms with Gasteiger partial charge in [0.15, 0.2) is 0 Å². The van der Waals surface area contributed by atoms with Crippen LogP contribution in [0.3, 0.4) is 0 Å². The van der Waals surface area contributed by atoms with Crippen LogP contribution in [0.1, 0.15) is 18.4 Å². The average molecular weight is 177 g/mol.